The van der Waals surface area contributed by atoms with Gasteiger partial charge in [0.2, 0.25) is 0 Å². The van der Waals surface area contributed by atoms with E-state index in [4.69, 9.17) is 4.74 Å². The SMILES string of the molecule is CC1CCCC(N(C)C(=O)NCCCOC2CCCCC2)C1. The molecular formula is C18H34N2O2. The largest absolute Gasteiger partial charge is 0.378 e. The molecule has 0 radical (unpaired) electrons. The van der Waals surface area contributed by atoms with E-state index in [1.54, 1.807) is 0 Å². The van der Waals surface area contributed by atoms with Crippen molar-refractivity contribution in [2.75, 3.05) is 20.2 Å². The lowest BCUT2D eigenvalue weighted by molar-refractivity contribution is 0.0274. The van der Waals surface area contributed by atoms with Crippen LogP contribution >= 0.6 is 0 Å². The molecule has 4 heteroatoms. The number of nitrogens with zero attached hydrogens (tertiary/aromatic N) is 1. The molecule has 0 spiro atoms. The van der Waals surface area contributed by atoms with Crippen LogP contribution in [0.15, 0.2) is 0 Å². The number of rotatable bonds is 6. The van der Waals surface area contributed by atoms with Crippen molar-refractivity contribution < 1.29 is 9.53 Å². The zero-order valence-electron chi connectivity index (χ0n) is 14.5. The number of nitrogens with one attached hydrogen (secondary N) is 1. The Morgan fingerprint density at radius 2 is 1.91 bits per heavy atom. The molecule has 2 fully saturated rings. The van der Waals surface area contributed by atoms with Gasteiger partial charge in [-0.05, 0) is 38.0 Å². The van der Waals surface area contributed by atoms with E-state index in [9.17, 15) is 4.79 Å². The second-order valence-electron chi connectivity index (χ2n) is 7.25. The Morgan fingerprint density at radius 3 is 2.64 bits per heavy atom. The van der Waals surface area contributed by atoms with Gasteiger partial charge in [0.15, 0.2) is 0 Å². The van der Waals surface area contributed by atoms with Crippen LogP contribution in [0.4, 0.5) is 4.79 Å². The molecule has 0 bridgehead atoms. The summed E-state index contributed by atoms with van der Waals surface area (Å²) in [4.78, 5) is 14.1. The molecule has 128 valence electrons. The van der Waals surface area contributed by atoms with Crippen molar-refractivity contribution in [3.63, 3.8) is 0 Å². The predicted octanol–water partition coefficient (Wildman–Crippen LogP) is 3.95. The molecule has 1 N–H and O–H groups in total. The molecule has 2 aliphatic rings. The molecular weight excluding hydrogens is 276 g/mol. The normalized spacial score (nSPS) is 26.6. The maximum absolute atomic E-state index is 12.2. The van der Waals surface area contributed by atoms with Gasteiger partial charge in [-0.3, -0.25) is 0 Å². The van der Waals surface area contributed by atoms with E-state index in [2.05, 4.69) is 12.2 Å². The van der Waals surface area contributed by atoms with Gasteiger partial charge in [-0.15, -0.1) is 0 Å². The lowest BCUT2D eigenvalue weighted by atomic mass is 9.86. The summed E-state index contributed by atoms with van der Waals surface area (Å²) in [5.74, 6) is 0.748. The minimum Gasteiger partial charge on any atom is -0.378 e. The summed E-state index contributed by atoms with van der Waals surface area (Å²) in [6, 6.07) is 0.499. The van der Waals surface area contributed by atoms with Crippen LogP contribution in [0, 0.1) is 5.92 Å². The number of carbonyl (C=O) groups excluding carboxylic acids is 1. The molecule has 2 unspecified atom stereocenters. The average Bonchev–Trinajstić information content (AvgIpc) is 2.54. The minimum absolute atomic E-state index is 0.0803. The zero-order valence-corrected chi connectivity index (χ0v) is 14.5. The standard InChI is InChI=1S/C18H34N2O2/c1-15-8-6-9-16(14-15)20(2)18(21)19-12-7-13-22-17-10-4-3-5-11-17/h15-17H,3-14H2,1-2H3,(H,19,21). The molecule has 0 aliphatic heterocycles. The highest BCUT2D eigenvalue weighted by Gasteiger charge is 2.25. The topological polar surface area (TPSA) is 41.6 Å². The van der Waals surface area contributed by atoms with Crippen LogP contribution < -0.4 is 5.32 Å². The van der Waals surface area contributed by atoms with E-state index >= 15 is 0 Å². The quantitative estimate of drug-likeness (QED) is 0.755. The highest BCUT2D eigenvalue weighted by molar-refractivity contribution is 5.74. The number of hydrogen-bond acceptors (Lipinski definition) is 2. The molecule has 0 aromatic carbocycles. The first-order chi connectivity index (χ1) is 10.7. The van der Waals surface area contributed by atoms with Gasteiger partial charge in [0.25, 0.3) is 0 Å². The Morgan fingerprint density at radius 1 is 1.14 bits per heavy atom. The number of urea groups is 1. The highest BCUT2D eigenvalue weighted by atomic mass is 16.5. The Hall–Kier alpha value is -0.770. The summed E-state index contributed by atoms with van der Waals surface area (Å²) in [6.07, 6.45) is 12.7. The average molecular weight is 310 g/mol. The smallest absolute Gasteiger partial charge is 0.317 e. The van der Waals surface area contributed by atoms with Gasteiger partial charge >= 0.3 is 6.03 Å². The number of hydrogen-bond donors (Lipinski definition) is 1. The maximum Gasteiger partial charge on any atom is 0.317 e. The van der Waals surface area contributed by atoms with Crippen molar-refractivity contribution >= 4 is 6.03 Å². The van der Waals surface area contributed by atoms with Gasteiger partial charge < -0.3 is 15.0 Å². The third kappa shape index (κ3) is 5.79. The van der Waals surface area contributed by atoms with E-state index in [-0.39, 0.29) is 6.03 Å². The van der Waals surface area contributed by atoms with Crippen LogP contribution in [0.2, 0.25) is 0 Å². The van der Waals surface area contributed by atoms with Gasteiger partial charge in [-0.2, -0.15) is 0 Å². The molecule has 2 rings (SSSR count). The third-order valence-electron chi connectivity index (χ3n) is 5.28. The van der Waals surface area contributed by atoms with Crippen molar-refractivity contribution in [3.8, 4) is 0 Å². The molecule has 2 aliphatic carbocycles. The molecule has 0 heterocycles. The Balaban J connectivity index is 1.54. The van der Waals surface area contributed by atoms with Crippen LogP contribution in [0.25, 0.3) is 0 Å². The molecule has 0 aromatic heterocycles. The number of amides is 2. The molecule has 2 amide bonds. The minimum atomic E-state index is 0.0803. The van der Waals surface area contributed by atoms with Crippen LogP contribution in [0.1, 0.15) is 71.1 Å². The van der Waals surface area contributed by atoms with E-state index in [0.717, 1.165) is 38.3 Å². The lowest BCUT2D eigenvalue weighted by Gasteiger charge is -2.34. The van der Waals surface area contributed by atoms with Crippen molar-refractivity contribution in [1.29, 1.82) is 0 Å². The van der Waals surface area contributed by atoms with E-state index in [1.165, 1.54) is 44.9 Å². The second-order valence-corrected chi connectivity index (χ2v) is 7.25. The second kappa shape index (κ2) is 9.39. The summed E-state index contributed by atoms with van der Waals surface area (Å²) in [6.45, 7) is 3.79. The van der Waals surface area contributed by atoms with E-state index < -0.39 is 0 Å². The fourth-order valence-corrected chi connectivity index (χ4v) is 3.79. The fraction of sp³-hybridized carbons (Fsp3) is 0.944. The third-order valence-corrected chi connectivity index (χ3v) is 5.28. The first-order valence-corrected chi connectivity index (χ1v) is 9.29. The summed E-state index contributed by atoms with van der Waals surface area (Å²) in [7, 11) is 1.94. The monoisotopic (exact) mass is 310 g/mol. The summed E-state index contributed by atoms with van der Waals surface area (Å²) in [5, 5.41) is 3.04. The first-order valence-electron chi connectivity index (χ1n) is 9.29. The molecule has 0 aromatic rings. The molecule has 0 saturated heterocycles. The van der Waals surface area contributed by atoms with E-state index in [0.29, 0.717) is 12.1 Å². The van der Waals surface area contributed by atoms with Crippen LogP contribution in [-0.2, 0) is 4.74 Å². The lowest BCUT2D eigenvalue weighted by Crippen LogP contribution is -2.45. The summed E-state index contributed by atoms with van der Waals surface area (Å²) >= 11 is 0. The van der Waals surface area contributed by atoms with Crippen molar-refractivity contribution in [3.05, 3.63) is 0 Å². The Kier molecular flexibility index (Phi) is 7.50. The van der Waals surface area contributed by atoms with Gasteiger partial charge in [-0.25, -0.2) is 4.79 Å². The van der Waals surface area contributed by atoms with Gasteiger partial charge in [0.1, 0.15) is 0 Å². The molecule has 2 saturated carbocycles. The predicted molar refractivity (Wildman–Crippen MR) is 90.0 cm³/mol. The van der Waals surface area contributed by atoms with Crippen molar-refractivity contribution in [2.24, 2.45) is 5.92 Å². The molecule has 22 heavy (non-hydrogen) atoms. The first kappa shape index (κ1) is 17.6. The highest BCUT2D eigenvalue weighted by Crippen LogP contribution is 2.26. The van der Waals surface area contributed by atoms with Crippen molar-refractivity contribution in [2.45, 2.75) is 83.3 Å². The van der Waals surface area contributed by atoms with Crippen LogP contribution in [-0.4, -0.2) is 43.3 Å². The van der Waals surface area contributed by atoms with Gasteiger partial charge in [0.05, 0.1) is 6.10 Å². The van der Waals surface area contributed by atoms with Crippen LogP contribution in [0.3, 0.4) is 0 Å². The van der Waals surface area contributed by atoms with E-state index in [1.807, 2.05) is 11.9 Å². The van der Waals surface area contributed by atoms with Gasteiger partial charge in [0, 0.05) is 26.2 Å². The zero-order chi connectivity index (χ0) is 15.8. The Labute approximate surface area is 136 Å². The van der Waals surface area contributed by atoms with Gasteiger partial charge in [-0.1, -0.05) is 39.0 Å². The Bertz CT molecular complexity index is 329. The summed E-state index contributed by atoms with van der Waals surface area (Å²) in [5.41, 5.74) is 0. The van der Waals surface area contributed by atoms with Crippen molar-refractivity contribution in [1.82, 2.24) is 10.2 Å². The maximum atomic E-state index is 12.2. The summed E-state index contributed by atoms with van der Waals surface area (Å²) < 4.78 is 5.89. The molecule has 2 atom stereocenters. The van der Waals surface area contributed by atoms with Crippen LogP contribution in [0.5, 0.6) is 0 Å². The number of carbonyl (C=O) groups is 1. The fourth-order valence-electron chi connectivity index (χ4n) is 3.79. The molecule has 4 nitrogen and oxygen atoms in total. The number of ether oxygens (including phenoxy) is 1.